The van der Waals surface area contributed by atoms with Gasteiger partial charge in [-0.1, -0.05) is 0 Å². The van der Waals surface area contributed by atoms with Crippen LogP contribution in [0.25, 0.3) is 0 Å². The Hall–Kier alpha value is -1.96. The van der Waals surface area contributed by atoms with Crippen LogP contribution in [0, 0.1) is 0 Å². The molecule has 1 aromatic rings. The van der Waals surface area contributed by atoms with E-state index in [2.05, 4.69) is 25.8 Å². The molecule has 76 valence electrons. The van der Waals surface area contributed by atoms with E-state index in [1.807, 2.05) is 0 Å². The topological polar surface area (TPSA) is 120 Å². The van der Waals surface area contributed by atoms with Gasteiger partial charge in [0.05, 0.1) is 6.61 Å². The lowest BCUT2D eigenvalue weighted by atomic mass is 10.5. The van der Waals surface area contributed by atoms with Gasteiger partial charge in [-0.15, -0.1) is 0 Å². The minimum absolute atomic E-state index is 0.0304. The van der Waals surface area contributed by atoms with E-state index in [0.717, 1.165) is 0 Å². The van der Waals surface area contributed by atoms with Crippen LogP contribution >= 0.6 is 0 Å². The van der Waals surface area contributed by atoms with Gasteiger partial charge >= 0.3 is 11.8 Å². The second kappa shape index (κ2) is 4.92. The Morgan fingerprint density at radius 3 is 2.86 bits per heavy atom. The largest absolute Gasteiger partial charge is 0.395 e. The molecule has 8 nitrogen and oxygen atoms in total. The van der Waals surface area contributed by atoms with Gasteiger partial charge in [-0.3, -0.25) is 14.9 Å². The molecule has 1 heterocycles. The Bertz CT molecular complexity index is 309. The van der Waals surface area contributed by atoms with E-state index in [1.165, 1.54) is 6.33 Å². The van der Waals surface area contributed by atoms with Crippen molar-refractivity contribution in [3.8, 4) is 0 Å². The Labute approximate surface area is 78.7 Å². The Morgan fingerprint density at radius 1 is 1.50 bits per heavy atom. The monoisotopic (exact) mass is 199 g/mol. The first-order valence-corrected chi connectivity index (χ1v) is 3.79. The zero-order chi connectivity index (χ0) is 10.4. The molecule has 0 aliphatic carbocycles. The van der Waals surface area contributed by atoms with E-state index in [4.69, 9.17) is 5.11 Å². The summed E-state index contributed by atoms with van der Waals surface area (Å²) >= 11 is 0. The van der Waals surface area contributed by atoms with Crippen molar-refractivity contribution in [1.82, 2.24) is 20.5 Å². The maximum absolute atomic E-state index is 11.0. The van der Waals surface area contributed by atoms with Gasteiger partial charge in [-0.25, -0.2) is 5.10 Å². The van der Waals surface area contributed by atoms with Crippen LogP contribution in [0.3, 0.4) is 0 Å². The summed E-state index contributed by atoms with van der Waals surface area (Å²) in [4.78, 5) is 25.5. The van der Waals surface area contributed by atoms with Crippen molar-refractivity contribution in [2.24, 2.45) is 0 Å². The standard InChI is InChI=1S/C6H9N5O3/c12-2-1-7-4(13)5(14)10-6-8-3-9-11-6/h3,12H,1-2H2,(H,7,13)(H2,8,9,10,11,14). The van der Waals surface area contributed by atoms with E-state index in [9.17, 15) is 9.59 Å². The van der Waals surface area contributed by atoms with Crippen molar-refractivity contribution < 1.29 is 14.7 Å². The summed E-state index contributed by atoms with van der Waals surface area (Å²) in [6, 6.07) is 0. The molecule has 0 saturated heterocycles. The average Bonchev–Trinajstić information content (AvgIpc) is 2.66. The fraction of sp³-hybridized carbons (Fsp3) is 0.333. The number of H-pyrrole nitrogens is 1. The minimum atomic E-state index is -0.866. The lowest BCUT2D eigenvalue weighted by molar-refractivity contribution is -0.136. The number of anilines is 1. The number of aromatic amines is 1. The van der Waals surface area contributed by atoms with Crippen LogP contribution in [0.5, 0.6) is 0 Å². The summed E-state index contributed by atoms with van der Waals surface area (Å²) in [5.41, 5.74) is 0. The quantitative estimate of drug-likeness (QED) is 0.414. The normalized spacial score (nSPS) is 9.50. The van der Waals surface area contributed by atoms with Crippen LogP contribution in [-0.2, 0) is 9.59 Å². The number of carbonyl (C=O) groups is 2. The predicted molar refractivity (Wildman–Crippen MR) is 45.1 cm³/mol. The van der Waals surface area contributed by atoms with Crippen LogP contribution in [0.1, 0.15) is 0 Å². The lowest BCUT2D eigenvalue weighted by Gasteiger charge is -2.01. The Kier molecular flexibility index (Phi) is 3.56. The fourth-order valence-corrected chi connectivity index (χ4v) is 0.680. The number of nitrogens with zero attached hydrogens (tertiary/aromatic N) is 2. The molecule has 0 radical (unpaired) electrons. The van der Waals surface area contributed by atoms with Crippen molar-refractivity contribution in [3.63, 3.8) is 0 Å². The minimum Gasteiger partial charge on any atom is -0.395 e. The SMILES string of the molecule is O=C(NCCO)C(=O)Nc1ncn[nH]1. The molecule has 0 aliphatic heterocycles. The number of aliphatic hydroxyl groups excluding tert-OH is 1. The first-order valence-electron chi connectivity index (χ1n) is 3.79. The van der Waals surface area contributed by atoms with E-state index in [-0.39, 0.29) is 19.1 Å². The van der Waals surface area contributed by atoms with E-state index in [0.29, 0.717) is 0 Å². The van der Waals surface area contributed by atoms with Crippen LogP contribution in [0.2, 0.25) is 0 Å². The molecule has 8 heteroatoms. The van der Waals surface area contributed by atoms with E-state index in [1.54, 1.807) is 0 Å². The zero-order valence-corrected chi connectivity index (χ0v) is 7.15. The zero-order valence-electron chi connectivity index (χ0n) is 7.15. The first kappa shape index (κ1) is 10.1. The summed E-state index contributed by atoms with van der Waals surface area (Å²) in [6.45, 7) is -0.190. The molecule has 1 aromatic heterocycles. The molecule has 0 unspecified atom stereocenters. The molecule has 0 bridgehead atoms. The van der Waals surface area contributed by atoms with Crippen molar-refractivity contribution in [3.05, 3.63) is 6.33 Å². The molecule has 0 aliphatic rings. The summed E-state index contributed by atoms with van der Waals surface area (Å²) in [5.74, 6) is -1.61. The molecular formula is C6H9N5O3. The second-order valence-electron chi connectivity index (χ2n) is 2.27. The predicted octanol–water partition coefficient (Wildman–Crippen LogP) is -2.15. The molecule has 2 amide bonds. The van der Waals surface area contributed by atoms with Gasteiger partial charge in [0.25, 0.3) is 0 Å². The van der Waals surface area contributed by atoms with Crippen LogP contribution in [-0.4, -0.2) is 45.3 Å². The van der Waals surface area contributed by atoms with Gasteiger partial charge in [0.15, 0.2) is 0 Å². The molecular weight excluding hydrogens is 190 g/mol. The molecule has 0 saturated carbocycles. The number of hydrogen-bond acceptors (Lipinski definition) is 5. The van der Waals surface area contributed by atoms with Crippen LogP contribution < -0.4 is 10.6 Å². The number of amides is 2. The molecule has 0 fully saturated rings. The van der Waals surface area contributed by atoms with Crippen molar-refractivity contribution in [2.75, 3.05) is 18.5 Å². The molecule has 4 N–H and O–H groups in total. The molecule has 0 spiro atoms. The van der Waals surface area contributed by atoms with E-state index >= 15 is 0 Å². The molecule has 1 rings (SSSR count). The number of nitrogens with one attached hydrogen (secondary N) is 3. The van der Waals surface area contributed by atoms with Crippen molar-refractivity contribution in [1.29, 1.82) is 0 Å². The third kappa shape index (κ3) is 2.83. The maximum atomic E-state index is 11.0. The Balaban J connectivity index is 2.38. The summed E-state index contributed by atoms with van der Waals surface area (Å²) in [6.07, 6.45) is 1.20. The molecule has 14 heavy (non-hydrogen) atoms. The summed E-state index contributed by atoms with van der Waals surface area (Å²) in [5, 5.41) is 18.6. The van der Waals surface area contributed by atoms with Crippen LogP contribution in [0.4, 0.5) is 5.95 Å². The highest BCUT2D eigenvalue weighted by Gasteiger charge is 2.13. The fourth-order valence-electron chi connectivity index (χ4n) is 0.680. The number of aromatic nitrogens is 3. The van der Waals surface area contributed by atoms with Gasteiger partial charge in [0.1, 0.15) is 6.33 Å². The number of rotatable bonds is 3. The maximum Gasteiger partial charge on any atom is 0.316 e. The third-order valence-electron chi connectivity index (χ3n) is 1.25. The number of aliphatic hydroxyl groups is 1. The smallest absolute Gasteiger partial charge is 0.316 e. The molecule has 0 aromatic carbocycles. The van der Waals surface area contributed by atoms with Gasteiger partial charge in [0.2, 0.25) is 5.95 Å². The Morgan fingerprint density at radius 2 is 2.29 bits per heavy atom. The van der Waals surface area contributed by atoms with Crippen molar-refractivity contribution >= 4 is 17.8 Å². The van der Waals surface area contributed by atoms with Gasteiger partial charge in [-0.05, 0) is 0 Å². The highest BCUT2D eigenvalue weighted by molar-refractivity contribution is 6.39. The number of hydrogen-bond donors (Lipinski definition) is 4. The first-order chi connectivity index (χ1) is 6.74. The van der Waals surface area contributed by atoms with E-state index < -0.39 is 11.8 Å². The average molecular weight is 199 g/mol. The van der Waals surface area contributed by atoms with Gasteiger partial charge < -0.3 is 10.4 Å². The molecule has 0 atom stereocenters. The number of carbonyl (C=O) groups excluding carboxylic acids is 2. The second-order valence-corrected chi connectivity index (χ2v) is 2.27. The lowest BCUT2D eigenvalue weighted by Crippen LogP contribution is -2.37. The van der Waals surface area contributed by atoms with Crippen LogP contribution in [0.15, 0.2) is 6.33 Å². The summed E-state index contributed by atoms with van der Waals surface area (Å²) in [7, 11) is 0. The third-order valence-corrected chi connectivity index (χ3v) is 1.25. The van der Waals surface area contributed by atoms with Gasteiger partial charge in [0, 0.05) is 6.54 Å². The van der Waals surface area contributed by atoms with Gasteiger partial charge in [-0.2, -0.15) is 10.1 Å². The summed E-state index contributed by atoms with van der Waals surface area (Å²) < 4.78 is 0. The highest BCUT2D eigenvalue weighted by Crippen LogP contribution is 1.91. The highest BCUT2D eigenvalue weighted by atomic mass is 16.3. The van der Waals surface area contributed by atoms with Crippen molar-refractivity contribution in [2.45, 2.75) is 0 Å².